The molecule has 4 nitrogen and oxygen atoms in total. The first kappa shape index (κ1) is 14.6. The first-order chi connectivity index (χ1) is 8.47. The van der Waals surface area contributed by atoms with Gasteiger partial charge >= 0.3 is 5.97 Å². The highest BCUT2D eigenvalue weighted by Crippen LogP contribution is 2.11. The van der Waals surface area contributed by atoms with E-state index < -0.39 is 5.97 Å². The molecule has 1 aromatic carbocycles. The molecule has 0 spiro atoms. The molecule has 0 saturated carbocycles. The van der Waals surface area contributed by atoms with Crippen molar-refractivity contribution < 1.29 is 14.7 Å². The van der Waals surface area contributed by atoms with Crippen LogP contribution in [0.2, 0.25) is 0 Å². The second-order valence-corrected chi connectivity index (χ2v) is 5.02. The van der Waals surface area contributed by atoms with Crippen molar-refractivity contribution in [3.63, 3.8) is 0 Å². The van der Waals surface area contributed by atoms with Gasteiger partial charge in [0.2, 0.25) is 0 Å². The number of benzene rings is 1. The number of aromatic carboxylic acids is 1. The van der Waals surface area contributed by atoms with E-state index in [2.05, 4.69) is 0 Å². The van der Waals surface area contributed by atoms with Crippen molar-refractivity contribution >= 4 is 23.6 Å². The summed E-state index contributed by atoms with van der Waals surface area (Å²) >= 11 is 1.67. The summed E-state index contributed by atoms with van der Waals surface area (Å²) in [7, 11) is 1.73. The average Bonchev–Trinajstić information content (AvgIpc) is 2.37. The molecule has 0 fully saturated rings. The van der Waals surface area contributed by atoms with Gasteiger partial charge in [0, 0.05) is 24.4 Å². The van der Waals surface area contributed by atoms with E-state index in [-0.39, 0.29) is 17.5 Å². The Morgan fingerprint density at radius 1 is 1.39 bits per heavy atom. The lowest BCUT2D eigenvalue weighted by Crippen LogP contribution is -2.36. The lowest BCUT2D eigenvalue weighted by Gasteiger charge is -2.24. The maximum Gasteiger partial charge on any atom is 0.335 e. The quantitative estimate of drug-likeness (QED) is 0.888. The molecule has 1 rings (SSSR count). The Bertz CT molecular complexity index is 448. The van der Waals surface area contributed by atoms with E-state index in [0.717, 1.165) is 5.75 Å². The fraction of sp³-hybridized carbons (Fsp3) is 0.385. The third-order valence-electron chi connectivity index (χ3n) is 2.75. The molecule has 0 aliphatic carbocycles. The van der Waals surface area contributed by atoms with Crippen LogP contribution < -0.4 is 0 Å². The fourth-order valence-corrected chi connectivity index (χ4v) is 2.25. The summed E-state index contributed by atoms with van der Waals surface area (Å²) in [6.45, 7) is 1.97. The van der Waals surface area contributed by atoms with E-state index in [9.17, 15) is 9.59 Å². The van der Waals surface area contributed by atoms with Crippen molar-refractivity contribution in [3.8, 4) is 0 Å². The van der Waals surface area contributed by atoms with Crippen LogP contribution in [0.5, 0.6) is 0 Å². The molecule has 0 saturated heterocycles. The lowest BCUT2D eigenvalue weighted by atomic mass is 10.1. The van der Waals surface area contributed by atoms with Crippen LogP contribution in [0.3, 0.4) is 0 Å². The number of rotatable bonds is 5. The Morgan fingerprint density at radius 2 is 2.00 bits per heavy atom. The number of carboxylic acids is 1. The summed E-state index contributed by atoms with van der Waals surface area (Å²) in [5, 5.41) is 8.89. The number of thioether (sulfide) groups is 1. The van der Waals surface area contributed by atoms with Gasteiger partial charge in [-0.2, -0.15) is 11.8 Å². The zero-order valence-corrected chi connectivity index (χ0v) is 11.5. The van der Waals surface area contributed by atoms with Crippen molar-refractivity contribution in [1.29, 1.82) is 0 Å². The Labute approximate surface area is 111 Å². The van der Waals surface area contributed by atoms with E-state index in [1.807, 2.05) is 13.2 Å². The minimum absolute atomic E-state index is 0.112. The second kappa shape index (κ2) is 6.44. The molecule has 0 heterocycles. The van der Waals surface area contributed by atoms with Gasteiger partial charge in [-0.25, -0.2) is 4.79 Å². The Kier molecular flexibility index (Phi) is 5.22. The van der Waals surface area contributed by atoms with E-state index >= 15 is 0 Å². The third kappa shape index (κ3) is 3.50. The van der Waals surface area contributed by atoms with Gasteiger partial charge in [-0.1, -0.05) is 6.07 Å². The molecule has 5 heteroatoms. The second-order valence-electron chi connectivity index (χ2n) is 4.11. The van der Waals surface area contributed by atoms with Crippen LogP contribution in [-0.2, 0) is 0 Å². The number of hydrogen-bond acceptors (Lipinski definition) is 3. The predicted octanol–water partition coefficient (Wildman–Crippen LogP) is 2.21. The highest BCUT2D eigenvalue weighted by Gasteiger charge is 2.18. The molecule has 0 aliphatic heterocycles. The van der Waals surface area contributed by atoms with Gasteiger partial charge in [-0.05, 0) is 31.4 Å². The summed E-state index contributed by atoms with van der Waals surface area (Å²) in [6.07, 6.45) is 1.99. The van der Waals surface area contributed by atoms with E-state index in [1.54, 1.807) is 35.8 Å². The Morgan fingerprint density at radius 3 is 2.56 bits per heavy atom. The van der Waals surface area contributed by atoms with E-state index in [1.165, 1.54) is 12.1 Å². The normalized spacial score (nSPS) is 11.9. The van der Waals surface area contributed by atoms with Crippen LogP contribution >= 0.6 is 11.8 Å². The first-order valence-electron chi connectivity index (χ1n) is 5.56. The molecule has 0 radical (unpaired) electrons. The average molecular weight is 267 g/mol. The van der Waals surface area contributed by atoms with Crippen LogP contribution in [0.4, 0.5) is 0 Å². The smallest absolute Gasteiger partial charge is 0.335 e. The Balaban J connectivity index is 2.89. The minimum Gasteiger partial charge on any atom is -0.478 e. The fourth-order valence-electron chi connectivity index (χ4n) is 1.54. The SMILES string of the molecule is CSCC(C)N(C)C(=O)c1cccc(C(=O)O)c1. The van der Waals surface area contributed by atoms with Crippen LogP contribution in [0, 0.1) is 0 Å². The molecule has 1 atom stereocenters. The number of amides is 1. The van der Waals surface area contributed by atoms with Crippen molar-refractivity contribution in [3.05, 3.63) is 35.4 Å². The van der Waals surface area contributed by atoms with Crippen LogP contribution in [-0.4, -0.2) is 47.0 Å². The van der Waals surface area contributed by atoms with Crippen molar-refractivity contribution in [2.45, 2.75) is 13.0 Å². The zero-order valence-electron chi connectivity index (χ0n) is 10.7. The molecule has 1 unspecified atom stereocenters. The molecule has 1 N–H and O–H groups in total. The standard InChI is InChI=1S/C13H17NO3S/c1-9(8-18-3)14(2)12(15)10-5-4-6-11(7-10)13(16)17/h4-7,9H,8H2,1-3H3,(H,16,17). The molecule has 18 heavy (non-hydrogen) atoms. The van der Waals surface area contributed by atoms with Gasteiger partial charge in [0.1, 0.15) is 0 Å². The van der Waals surface area contributed by atoms with Crippen LogP contribution in [0.15, 0.2) is 24.3 Å². The molecule has 1 aromatic rings. The van der Waals surface area contributed by atoms with Crippen LogP contribution in [0.25, 0.3) is 0 Å². The Hall–Kier alpha value is -1.49. The molecule has 0 aliphatic rings. The van der Waals surface area contributed by atoms with Gasteiger partial charge < -0.3 is 10.0 Å². The highest BCUT2D eigenvalue weighted by molar-refractivity contribution is 7.98. The third-order valence-corrected chi connectivity index (χ3v) is 3.56. The maximum atomic E-state index is 12.2. The van der Waals surface area contributed by atoms with Crippen molar-refractivity contribution in [1.82, 2.24) is 4.90 Å². The number of hydrogen-bond donors (Lipinski definition) is 1. The summed E-state index contributed by atoms with van der Waals surface area (Å²) in [4.78, 5) is 24.6. The summed E-state index contributed by atoms with van der Waals surface area (Å²) in [5.74, 6) is -0.329. The number of nitrogens with zero attached hydrogens (tertiary/aromatic N) is 1. The first-order valence-corrected chi connectivity index (χ1v) is 6.96. The molecule has 0 aromatic heterocycles. The van der Waals surface area contributed by atoms with E-state index in [0.29, 0.717) is 5.56 Å². The summed E-state index contributed by atoms with van der Waals surface area (Å²) < 4.78 is 0. The van der Waals surface area contributed by atoms with E-state index in [4.69, 9.17) is 5.11 Å². The molecule has 0 bridgehead atoms. The summed E-state index contributed by atoms with van der Waals surface area (Å²) in [6, 6.07) is 6.22. The van der Waals surface area contributed by atoms with Gasteiger partial charge in [0.25, 0.3) is 5.91 Å². The van der Waals surface area contributed by atoms with Gasteiger partial charge in [0.15, 0.2) is 0 Å². The summed E-state index contributed by atoms with van der Waals surface area (Å²) in [5.41, 5.74) is 0.539. The van der Waals surface area contributed by atoms with Crippen molar-refractivity contribution in [2.75, 3.05) is 19.1 Å². The monoisotopic (exact) mass is 267 g/mol. The zero-order chi connectivity index (χ0) is 13.7. The predicted molar refractivity (Wildman–Crippen MR) is 73.3 cm³/mol. The van der Waals surface area contributed by atoms with Gasteiger partial charge in [-0.3, -0.25) is 4.79 Å². The minimum atomic E-state index is -1.02. The van der Waals surface area contributed by atoms with Gasteiger partial charge in [0.05, 0.1) is 5.56 Å². The van der Waals surface area contributed by atoms with Gasteiger partial charge in [-0.15, -0.1) is 0 Å². The number of carbonyl (C=O) groups excluding carboxylic acids is 1. The number of carboxylic acid groups (broad SMARTS) is 1. The highest BCUT2D eigenvalue weighted by atomic mass is 32.2. The lowest BCUT2D eigenvalue weighted by molar-refractivity contribution is 0.0697. The molecule has 98 valence electrons. The van der Waals surface area contributed by atoms with Crippen LogP contribution in [0.1, 0.15) is 27.6 Å². The van der Waals surface area contributed by atoms with Crippen molar-refractivity contribution in [2.24, 2.45) is 0 Å². The molecule has 1 amide bonds. The molecular formula is C13H17NO3S. The number of carbonyl (C=O) groups is 2. The topological polar surface area (TPSA) is 57.6 Å². The molecular weight excluding hydrogens is 250 g/mol. The maximum absolute atomic E-state index is 12.2. The largest absolute Gasteiger partial charge is 0.478 e.